The summed E-state index contributed by atoms with van der Waals surface area (Å²) in [4.78, 5) is 1.10. The van der Waals surface area contributed by atoms with Crippen LogP contribution in [0.25, 0.3) is 0 Å². The van der Waals surface area contributed by atoms with Crippen molar-refractivity contribution in [2.45, 2.75) is 64.9 Å². The van der Waals surface area contributed by atoms with Crippen molar-refractivity contribution in [1.29, 1.82) is 0 Å². The van der Waals surface area contributed by atoms with Gasteiger partial charge in [-0.1, -0.05) is 45.4 Å². The summed E-state index contributed by atoms with van der Waals surface area (Å²) in [7, 11) is 0. The zero-order valence-electron chi connectivity index (χ0n) is 10.8. The van der Waals surface area contributed by atoms with Gasteiger partial charge < -0.3 is 5.11 Å². The van der Waals surface area contributed by atoms with Crippen molar-refractivity contribution in [2.24, 2.45) is 0 Å². The first-order valence-electron chi connectivity index (χ1n) is 6.59. The molecule has 1 N–H and O–H groups in total. The maximum Gasteiger partial charge on any atom is 0.0882 e. The quantitative estimate of drug-likeness (QED) is 0.618. The Morgan fingerprint density at radius 2 is 1.88 bits per heavy atom. The Morgan fingerprint density at radius 1 is 1.24 bits per heavy atom. The van der Waals surface area contributed by atoms with Crippen LogP contribution in [0.2, 0.25) is 0 Å². The molecule has 98 valence electrons. The largest absolute Gasteiger partial charge is 0.388 e. The number of hydrogen-bond acceptors (Lipinski definition) is 2. The molecule has 0 bridgehead atoms. The smallest absolute Gasteiger partial charge is 0.0882 e. The molecule has 1 heterocycles. The fraction of sp³-hybridized carbons (Fsp3) is 0.714. The van der Waals surface area contributed by atoms with Crippen molar-refractivity contribution in [3.05, 3.63) is 20.3 Å². The maximum atomic E-state index is 10.1. The van der Waals surface area contributed by atoms with Crippen LogP contribution in [-0.2, 0) is 0 Å². The number of aliphatic hydroxyl groups excluding tert-OH is 1. The highest BCUT2D eigenvalue weighted by atomic mass is 79.9. The van der Waals surface area contributed by atoms with Crippen LogP contribution in [0, 0.1) is 6.92 Å². The molecule has 1 aromatic rings. The fourth-order valence-electron chi connectivity index (χ4n) is 1.91. The standard InChI is InChI=1S/C14H23BrOS/c1-3-4-5-6-7-8-9-12(16)13-10-11(2)14(15)17-13/h10,12,16H,3-9H2,1-2H3. The number of unbranched alkanes of at least 4 members (excludes halogenated alkanes) is 5. The van der Waals surface area contributed by atoms with Gasteiger partial charge in [0, 0.05) is 4.88 Å². The molecule has 0 fully saturated rings. The molecule has 0 spiro atoms. The third kappa shape index (κ3) is 5.54. The lowest BCUT2D eigenvalue weighted by Gasteiger charge is -2.07. The van der Waals surface area contributed by atoms with E-state index in [-0.39, 0.29) is 6.10 Å². The summed E-state index contributed by atoms with van der Waals surface area (Å²) in [6, 6.07) is 2.09. The molecule has 0 amide bonds. The number of halogens is 1. The van der Waals surface area contributed by atoms with E-state index in [1.54, 1.807) is 11.3 Å². The van der Waals surface area contributed by atoms with Crippen molar-refractivity contribution in [1.82, 2.24) is 0 Å². The van der Waals surface area contributed by atoms with Crippen molar-refractivity contribution in [2.75, 3.05) is 0 Å². The lowest BCUT2D eigenvalue weighted by atomic mass is 10.1. The van der Waals surface area contributed by atoms with Gasteiger partial charge in [0.2, 0.25) is 0 Å². The second-order valence-electron chi connectivity index (χ2n) is 4.68. The van der Waals surface area contributed by atoms with Crippen molar-refractivity contribution >= 4 is 27.3 Å². The molecule has 0 aliphatic rings. The van der Waals surface area contributed by atoms with Gasteiger partial charge in [-0.25, -0.2) is 0 Å². The third-order valence-corrected chi connectivity index (χ3v) is 5.27. The van der Waals surface area contributed by atoms with Crippen LogP contribution in [0.4, 0.5) is 0 Å². The van der Waals surface area contributed by atoms with Crippen LogP contribution >= 0.6 is 27.3 Å². The van der Waals surface area contributed by atoms with Crippen LogP contribution in [0.3, 0.4) is 0 Å². The van der Waals surface area contributed by atoms with E-state index in [4.69, 9.17) is 0 Å². The number of hydrogen-bond donors (Lipinski definition) is 1. The molecule has 0 saturated carbocycles. The maximum absolute atomic E-state index is 10.1. The Bertz CT molecular complexity index is 303. The third-order valence-electron chi connectivity index (χ3n) is 3.04. The molecule has 1 aromatic heterocycles. The number of rotatable bonds is 8. The highest BCUT2D eigenvalue weighted by Crippen LogP contribution is 2.33. The van der Waals surface area contributed by atoms with E-state index in [2.05, 4.69) is 35.8 Å². The molecule has 0 aliphatic carbocycles. The van der Waals surface area contributed by atoms with Gasteiger partial charge in [-0.05, 0) is 40.9 Å². The van der Waals surface area contributed by atoms with Gasteiger partial charge in [0.15, 0.2) is 0 Å². The second kappa shape index (κ2) is 8.28. The normalized spacial score (nSPS) is 12.9. The minimum absolute atomic E-state index is 0.267. The summed E-state index contributed by atoms with van der Waals surface area (Å²) >= 11 is 5.16. The summed E-state index contributed by atoms with van der Waals surface area (Å²) < 4.78 is 1.15. The minimum Gasteiger partial charge on any atom is -0.388 e. The first kappa shape index (κ1) is 15.2. The Kier molecular flexibility index (Phi) is 7.40. The molecule has 1 nitrogen and oxygen atoms in total. The number of aliphatic hydroxyl groups is 1. The molecule has 1 atom stereocenters. The monoisotopic (exact) mass is 318 g/mol. The van der Waals surface area contributed by atoms with Crippen molar-refractivity contribution < 1.29 is 5.11 Å². The van der Waals surface area contributed by atoms with E-state index in [9.17, 15) is 5.11 Å². The average Bonchev–Trinajstić information content (AvgIpc) is 2.64. The Hall–Kier alpha value is 0.140. The molecule has 0 saturated heterocycles. The van der Waals surface area contributed by atoms with Gasteiger partial charge in [0.1, 0.15) is 0 Å². The van der Waals surface area contributed by atoms with Crippen LogP contribution in [0.15, 0.2) is 9.85 Å². The van der Waals surface area contributed by atoms with Gasteiger partial charge in [0.05, 0.1) is 9.89 Å². The van der Waals surface area contributed by atoms with E-state index >= 15 is 0 Å². The lowest BCUT2D eigenvalue weighted by molar-refractivity contribution is 0.167. The first-order valence-corrected chi connectivity index (χ1v) is 8.20. The first-order chi connectivity index (χ1) is 8.15. The van der Waals surface area contributed by atoms with Gasteiger partial charge in [-0.2, -0.15) is 0 Å². The highest BCUT2D eigenvalue weighted by molar-refractivity contribution is 9.11. The van der Waals surface area contributed by atoms with E-state index in [1.165, 1.54) is 37.7 Å². The summed E-state index contributed by atoms with van der Waals surface area (Å²) in [5.41, 5.74) is 1.23. The molecular formula is C14H23BrOS. The van der Waals surface area contributed by atoms with Gasteiger partial charge in [-0.15, -0.1) is 11.3 Å². The Morgan fingerprint density at radius 3 is 2.47 bits per heavy atom. The highest BCUT2D eigenvalue weighted by Gasteiger charge is 2.11. The van der Waals surface area contributed by atoms with Crippen LogP contribution in [0.5, 0.6) is 0 Å². The molecule has 0 radical (unpaired) electrons. The summed E-state index contributed by atoms with van der Waals surface area (Å²) in [5, 5.41) is 10.1. The molecule has 1 rings (SSSR count). The lowest BCUT2D eigenvalue weighted by Crippen LogP contribution is -1.94. The van der Waals surface area contributed by atoms with Crippen molar-refractivity contribution in [3.8, 4) is 0 Å². The molecule has 3 heteroatoms. The molecular weight excluding hydrogens is 296 g/mol. The fourth-order valence-corrected chi connectivity index (χ4v) is 3.50. The average molecular weight is 319 g/mol. The van der Waals surface area contributed by atoms with E-state index in [1.807, 2.05) is 0 Å². The molecule has 17 heavy (non-hydrogen) atoms. The summed E-state index contributed by atoms with van der Waals surface area (Å²) in [6.07, 6.45) is 8.33. The molecule has 0 aromatic carbocycles. The SMILES string of the molecule is CCCCCCCCC(O)c1cc(C)c(Br)s1. The van der Waals surface area contributed by atoms with Gasteiger partial charge in [-0.3, -0.25) is 0 Å². The number of thiophene rings is 1. The van der Waals surface area contributed by atoms with E-state index < -0.39 is 0 Å². The van der Waals surface area contributed by atoms with E-state index in [0.717, 1.165) is 21.5 Å². The zero-order chi connectivity index (χ0) is 12.7. The predicted octanol–water partition coefficient (Wildman–Crippen LogP) is 5.60. The van der Waals surface area contributed by atoms with Crippen LogP contribution < -0.4 is 0 Å². The topological polar surface area (TPSA) is 20.2 Å². The Labute approximate surface area is 117 Å². The second-order valence-corrected chi connectivity index (χ2v) is 7.08. The zero-order valence-corrected chi connectivity index (χ0v) is 13.2. The van der Waals surface area contributed by atoms with Gasteiger partial charge in [0.25, 0.3) is 0 Å². The Balaban J connectivity index is 2.19. The van der Waals surface area contributed by atoms with E-state index in [0.29, 0.717) is 0 Å². The van der Waals surface area contributed by atoms with Crippen molar-refractivity contribution in [3.63, 3.8) is 0 Å². The van der Waals surface area contributed by atoms with Crippen LogP contribution in [0.1, 0.15) is 68.4 Å². The van der Waals surface area contributed by atoms with Crippen LogP contribution in [-0.4, -0.2) is 5.11 Å². The van der Waals surface area contributed by atoms with Gasteiger partial charge >= 0.3 is 0 Å². The summed E-state index contributed by atoms with van der Waals surface area (Å²) in [5.74, 6) is 0. The minimum atomic E-state index is -0.267. The molecule has 0 aliphatic heterocycles. The predicted molar refractivity (Wildman–Crippen MR) is 79.7 cm³/mol. The molecule has 1 unspecified atom stereocenters. The number of aryl methyl sites for hydroxylation is 1. The summed E-state index contributed by atoms with van der Waals surface area (Å²) in [6.45, 7) is 4.31.